The molecule has 1 aliphatic heterocycles. The maximum Gasteiger partial charge on any atom is 0.262 e. The summed E-state index contributed by atoms with van der Waals surface area (Å²) in [6.45, 7) is 5.32. The van der Waals surface area contributed by atoms with Gasteiger partial charge in [0.2, 0.25) is 5.91 Å². The second-order valence-electron chi connectivity index (χ2n) is 7.92. The van der Waals surface area contributed by atoms with Gasteiger partial charge < -0.3 is 15.4 Å². The molecular formula is C21H27N5O3S. The molecule has 1 aromatic heterocycles. The van der Waals surface area contributed by atoms with Gasteiger partial charge in [0.15, 0.2) is 0 Å². The summed E-state index contributed by atoms with van der Waals surface area (Å²) >= 11 is 1.42. The van der Waals surface area contributed by atoms with Gasteiger partial charge >= 0.3 is 0 Å². The van der Waals surface area contributed by atoms with Crippen molar-refractivity contribution in [1.29, 1.82) is 0 Å². The van der Waals surface area contributed by atoms with Gasteiger partial charge in [-0.05, 0) is 41.8 Å². The molecule has 1 saturated heterocycles. The van der Waals surface area contributed by atoms with Gasteiger partial charge in [-0.2, -0.15) is 0 Å². The molecule has 0 unspecified atom stereocenters. The summed E-state index contributed by atoms with van der Waals surface area (Å²) < 4.78 is 6.63. The smallest absolute Gasteiger partial charge is 0.262 e. The molecule has 8 nitrogen and oxygen atoms in total. The van der Waals surface area contributed by atoms with E-state index in [-0.39, 0.29) is 36.3 Å². The Morgan fingerprint density at radius 2 is 2.17 bits per heavy atom. The number of rotatable bonds is 9. The van der Waals surface area contributed by atoms with Crippen LogP contribution >= 0.6 is 11.3 Å². The van der Waals surface area contributed by atoms with E-state index >= 15 is 0 Å². The molecule has 2 N–H and O–H groups in total. The number of azide groups is 1. The first kappa shape index (κ1) is 22.1. The van der Waals surface area contributed by atoms with Crippen LogP contribution in [0.15, 0.2) is 35.4 Å². The molecule has 2 heterocycles. The molecule has 1 aromatic carbocycles. The molecule has 0 saturated carbocycles. The number of hydrogen-bond donors (Lipinski definition) is 2. The zero-order valence-electron chi connectivity index (χ0n) is 17.2. The summed E-state index contributed by atoms with van der Waals surface area (Å²) in [6.07, 6.45) is 1.17. The molecule has 0 bridgehead atoms. The van der Waals surface area contributed by atoms with E-state index < -0.39 is 6.04 Å². The Bertz CT molecular complexity index is 905. The predicted molar refractivity (Wildman–Crippen MR) is 117 cm³/mol. The third-order valence-electron chi connectivity index (χ3n) is 5.19. The number of carbonyl (C=O) groups excluding carboxylic acids is 2. The minimum atomic E-state index is -0.611. The highest BCUT2D eigenvalue weighted by molar-refractivity contribution is 7.20. The van der Waals surface area contributed by atoms with Crippen LogP contribution in [0, 0.1) is 11.8 Å². The van der Waals surface area contributed by atoms with Crippen molar-refractivity contribution in [3.8, 4) is 0 Å². The third-order valence-corrected chi connectivity index (χ3v) is 6.30. The zero-order chi connectivity index (χ0) is 21.5. The van der Waals surface area contributed by atoms with E-state index in [1.54, 1.807) is 0 Å². The first-order chi connectivity index (χ1) is 14.5. The van der Waals surface area contributed by atoms with Crippen molar-refractivity contribution in [2.24, 2.45) is 17.0 Å². The van der Waals surface area contributed by atoms with Crippen molar-refractivity contribution < 1.29 is 14.3 Å². The Morgan fingerprint density at radius 3 is 2.90 bits per heavy atom. The summed E-state index contributed by atoms with van der Waals surface area (Å²) in [5.41, 5.74) is 8.51. The van der Waals surface area contributed by atoms with Crippen molar-refractivity contribution in [1.82, 2.24) is 10.6 Å². The molecule has 160 valence electrons. The number of fused-ring (bicyclic) bond motifs is 1. The number of ether oxygens (including phenoxy) is 1. The van der Waals surface area contributed by atoms with Crippen molar-refractivity contribution in [3.05, 3.63) is 45.7 Å². The van der Waals surface area contributed by atoms with Gasteiger partial charge in [0.05, 0.1) is 17.5 Å². The first-order valence-corrected chi connectivity index (χ1v) is 11.0. The number of amides is 2. The number of nitrogens with one attached hydrogen (secondary N) is 2. The highest BCUT2D eigenvalue weighted by atomic mass is 32.1. The summed E-state index contributed by atoms with van der Waals surface area (Å²) in [4.78, 5) is 29.0. The fourth-order valence-electron chi connectivity index (χ4n) is 3.63. The zero-order valence-corrected chi connectivity index (χ0v) is 18.0. The van der Waals surface area contributed by atoms with Crippen LogP contribution in [0.25, 0.3) is 20.5 Å². The van der Waals surface area contributed by atoms with Gasteiger partial charge in [-0.25, -0.2) is 0 Å². The minimum Gasteiger partial charge on any atom is -0.378 e. The van der Waals surface area contributed by atoms with Crippen LogP contribution in [-0.2, 0) is 9.53 Å². The van der Waals surface area contributed by atoms with E-state index in [1.165, 1.54) is 11.3 Å². The van der Waals surface area contributed by atoms with Crippen molar-refractivity contribution in [2.75, 3.05) is 19.7 Å². The van der Waals surface area contributed by atoms with E-state index in [4.69, 9.17) is 10.3 Å². The lowest BCUT2D eigenvalue weighted by Crippen LogP contribution is -2.48. The van der Waals surface area contributed by atoms with E-state index in [0.29, 0.717) is 24.4 Å². The summed E-state index contributed by atoms with van der Waals surface area (Å²) in [5, 5.41) is 10.5. The number of benzene rings is 1. The number of hydrogen-bond acceptors (Lipinski definition) is 5. The lowest BCUT2D eigenvalue weighted by Gasteiger charge is -2.22. The van der Waals surface area contributed by atoms with Crippen LogP contribution < -0.4 is 10.6 Å². The first-order valence-electron chi connectivity index (χ1n) is 10.2. The molecule has 3 atom stereocenters. The molecule has 30 heavy (non-hydrogen) atoms. The van der Waals surface area contributed by atoms with Crippen LogP contribution in [0.3, 0.4) is 0 Å². The standard InChI is InChI=1S/C21H27N5O3S/c1-13(2)9-16(20(27)23-11-15-7-8-29-17(15)12-24-26-22)25-21(28)19-10-14-5-3-4-6-18(14)30-19/h3-6,10,13,15-17H,7-9,11-12H2,1-2H3,(H,23,27)(H,25,28)/t15-,16+,17-/m1/s1. The SMILES string of the molecule is CC(C)C[C@H](NC(=O)c1cc2ccccc2s1)C(=O)NC[C@H]1CCO[C@@H]1CN=[N+]=[N-]. The normalized spacial score (nSPS) is 19.4. The maximum atomic E-state index is 12.8. The molecule has 3 rings (SSSR count). The van der Waals surface area contributed by atoms with E-state index in [1.807, 2.05) is 44.2 Å². The molecular weight excluding hydrogens is 402 g/mol. The Labute approximate surface area is 179 Å². The van der Waals surface area contributed by atoms with Crippen LogP contribution in [-0.4, -0.2) is 43.7 Å². The fourth-order valence-corrected chi connectivity index (χ4v) is 4.59. The Balaban J connectivity index is 1.62. The van der Waals surface area contributed by atoms with Gasteiger partial charge in [0.1, 0.15) is 6.04 Å². The molecule has 0 radical (unpaired) electrons. The van der Waals surface area contributed by atoms with E-state index in [9.17, 15) is 9.59 Å². The maximum absolute atomic E-state index is 12.8. The summed E-state index contributed by atoms with van der Waals surface area (Å²) in [7, 11) is 0. The average Bonchev–Trinajstić information content (AvgIpc) is 3.36. The van der Waals surface area contributed by atoms with Crippen molar-refractivity contribution in [3.63, 3.8) is 0 Å². The second-order valence-corrected chi connectivity index (χ2v) is 9.00. The molecule has 2 amide bonds. The highest BCUT2D eigenvalue weighted by Gasteiger charge is 2.29. The second kappa shape index (κ2) is 10.4. The molecule has 0 aliphatic carbocycles. The molecule has 1 fully saturated rings. The van der Waals surface area contributed by atoms with Crippen molar-refractivity contribution in [2.45, 2.75) is 38.8 Å². The van der Waals surface area contributed by atoms with E-state index in [2.05, 4.69) is 20.7 Å². The molecule has 0 spiro atoms. The van der Waals surface area contributed by atoms with Crippen molar-refractivity contribution >= 4 is 33.2 Å². The third kappa shape index (κ3) is 5.72. The lowest BCUT2D eigenvalue weighted by molar-refractivity contribution is -0.123. The summed E-state index contributed by atoms with van der Waals surface area (Å²) in [6, 6.07) is 9.07. The van der Waals surface area contributed by atoms with Gasteiger partial charge in [-0.3, -0.25) is 9.59 Å². The Kier molecular flexibility index (Phi) is 7.68. The minimum absolute atomic E-state index is 0.0949. The fraction of sp³-hybridized carbons (Fsp3) is 0.524. The van der Waals surface area contributed by atoms with Crippen LogP contribution in [0.1, 0.15) is 36.4 Å². The van der Waals surface area contributed by atoms with Gasteiger partial charge in [-0.15, -0.1) is 11.3 Å². The Hall–Kier alpha value is -2.61. The molecule has 1 aliphatic rings. The number of thiophene rings is 1. The largest absolute Gasteiger partial charge is 0.378 e. The number of carbonyl (C=O) groups is 2. The lowest BCUT2D eigenvalue weighted by atomic mass is 10.00. The Morgan fingerprint density at radius 1 is 1.37 bits per heavy atom. The van der Waals surface area contributed by atoms with Gasteiger partial charge in [-0.1, -0.05) is 37.2 Å². The van der Waals surface area contributed by atoms with E-state index in [0.717, 1.165) is 16.5 Å². The highest BCUT2D eigenvalue weighted by Crippen LogP contribution is 2.25. The topological polar surface area (TPSA) is 116 Å². The average molecular weight is 430 g/mol. The molecule has 9 heteroatoms. The summed E-state index contributed by atoms with van der Waals surface area (Å²) in [5.74, 6) is -0.0940. The van der Waals surface area contributed by atoms with Gasteiger partial charge in [0.25, 0.3) is 5.91 Å². The molecule has 2 aromatic rings. The van der Waals surface area contributed by atoms with Gasteiger partial charge in [0, 0.05) is 28.7 Å². The number of nitrogens with zero attached hydrogens (tertiary/aromatic N) is 3. The van der Waals surface area contributed by atoms with Crippen LogP contribution in [0.5, 0.6) is 0 Å². The predicted octanol–water partition coefficient (Wildman–Crippen LogP) is 3.88. The van der Waals surface area contributed by atoms with Crippen LogP contribution in [0.2, 0.25) is 0 Å². The van der Waals surface area contributed by atoms with Crippen LogP contribution in [0.4, 0.5) is 0 Å². The quantitative estimate of drug-likeness (QED) is 0.358. The monoisotopic (exact) mass is 429 g/mol.